The van der Waals surface area contributed by atoms with E-state index < -0.39 is 0 Å². The number of halogens is 2. The van der Waals surface area contributed by atoms with E-state index in [1.165, 1.54) is 16.8 Å². The van der Waals surface area contributed by atoms with Gasteiger partial charge in [0.2, 0.25) is 0 Å². The van der Waals surface area contributed by atoms with Gasteiger partial charge in [-0.05, 0) is 46.6 Å². The van der Waals surface area contributed by atoms with Crippen LogP contribution >= 0.6 is 15.9 Å². The molecule has 106 valence electrons. The van der Waals surface area contributed by atoms with Crippen molar-refractivity contribution in [3.63, 3.8) is 0 Å². The van der Waals surface area contributed by atoms with Gasteiger partial charge in [0, 0.05) is 19.3 Å². The van der Waals surface area contributed by atoms with Gasteiger partial charge >= 0.3 is 0 Å². The summed E-state index contributed by atoms with van der Waals surface area (Å²) in [6.07, 6.45) is 2.12. The number of aromatic nitrogens is 2. The molecule has 5 nitrogen and oxygen atoms in total. The third-order valence-electron chi connectivity index (χ3n) is 2.60. The molecule has 0 saturated carbocycles. The Bertz CT molecular complexity index is 598. The van der Waals surface area contributed by atoms with E-state index in [0.717, 1.165) is 0 Å². The van der Waals surface area contributed by atoms with Crippen molar-refractivity contribution in [2.45, 2.75) is 6.42 Å². The Kier molecular flexibility index (Phi) is 4.86. The fourth-order valence-electron chi connectivity index (χ4n) is 1.60. The van der Waals surface area contributed by atoms with Gasteiger partial charge in [-0.3, -0.25) is 4.79 Å². The Morgan fingerprint density at radius 2 is 2.10 bits per heavy atom. The molecule has 0 bridgehead atoms. The molecule has 1 aromatic heterocycles. The minimum atomic E-state index is -0.332. The van der Waals surface area contributed by atoms with E-state index in [1.807, 2.05) is 0 Å². The number of nitrogens with zero attached hydrogens (tertiary/aromatic N) is 2. The van der Waals surface area contributed by atoms with E-state index in [0.29, 0.717) is 23.1 Å². The van der Waals surface area contributed by atoms with Gasteiger partial charge in [-0.25, -0.2) is 9.07 Å². The summed E-state index contributed by atoms with van der Waals surface area (Å²) in [5.41, 5.74) is 0.897. The number of carbonyl (C=O) groups excluding carboxylic acids is 1. The van der Waals surface area contributed by atoms with Crippen molar-refractivity contribution < 1.29 is 14.3 Å². The molecule has 20 heavy (non-hydrogen) atoms. The largest absolute Gasteiger partial charge is 0.396 e. The summed E-state index contributed by atoms with van der Waals surface area (Å²) in [6, 6.07) is 5.79. The summed E-state index contributed by atoms with van der Waals surface area (Å²) in [5, 5.41) is 15.5. The lowest BCUT2D eigenvalue weighted by Gasteiger charge is -2.02. The van der Waals surface area contributed by atoms with Crippen LogP contribution < -0.4 is 5.32 Å². The second kappa shape index (κ2) is 6.62. The Balaban J connectivity index is 2.16. The lowest BCUT2D eigenvalue weighted by Crippen LogP contribution is -2.25. The lowest BCUT2D eigenvalue weighted by molar-refractivity contribution is 0.0945. The van der Waals surface area contributed by atoms with Gasteiger partial charge in [-0.2, -0.15) is 5.10 Å². The molecule has 0 atom stereocenters. The van der Waals surface area contributed by atoms with Gasteiger partial charge in [0.05, 0.1) is 10.2 Å². The van der Waals surface area contributed by atoms with Crippen LogP contribution in [0.25, 0.3) is 5.69 Å². The molecule has 2 rings (SSSR count). The maximum absolute atomic E-state index is 12.9. The average Bonchev–Trinajstić information content (AvgIpc) is 2.82. The molecule has 0 aliphatic carbocycles. The highest BCUT2D eigenvalue weighted by Gasteiger charge is 2.15. The summed E-state index contributed by atoms with van der Waals surface area (Å²) in [6.45, 7) is 0.399. The predicted molar refractivity (Wildman–Crippen MR) is 75.3 cm³/mol. The number of aliphatic hydroxyl groups is 1. The molecule has 0 aliphatic heterocycles. The summed E-state index contributed by atoms with van der Waals surface area (Å²) in [7, 11) is 0. The van der Waals surface area contributed by atoms with Gasteiger partial charge < -0.3 is 10.4 Å². The number of amides is 1. The van der Waals surface area contributed by atoms with Crippen molar-refractivity contribution in [1.82, 2.24) is 15.1 Å². The van der Waals surface area contributed by atoms with Gasteiger partial charge in [0.25, 0.3) is 5.91 Å². The van der Waals surface area contributed by atoms with Crippen LogP contribution in [0.4, 0.5) is 4.39 Å². The first-order valence-electron chi connectivity index (χ1n) is 6.02. The molecule has 2 aromatic rings. The summed E-state index contributed by atoms with van der Waals surface area (Å²) in [4.78, 5) is 11.9. The highest BCUT2D eigenvalue weighted by Crippen LogP contribution is 2.18. The van der Waals surface area contributed by atoms with Crippen LogP contribution in [0.2, 0.25) is 0 Å². The fraction of sp³-hybridized carbons (Fsp3) is 0.231. The summed E-state index contributed by atoms with van der Waals surface area (Å²) < 4.78 is 14.9. The zero-order valence-corrected chi connectivity index (χ0v) is 12.1. The molecule has 0 unspecified atom stereocenters. The van der Waals surface area contributed by atoms with E-state index in [-0.39, 0.29) is 24.0 Å². The van der Waals surface area contributed by atoms with Crippen molar-refractivity contribution in [3.8, 4) is 5.69 Å². The normalized spacial score (nSPS) is 10.6. The molecule has 0 radical (unpaired) electrons. The predicted octanol–water partition coefficient (Wildman–Crippen LogP) is 1.89. The second-order valence-electron chi connectivity index (χ2n) is 4.08. The van der Waals surface area contributed by atoms with E-state index in [9.17, 15) is 9.18 Å². The SMILES string of the molecule is O=C(NCCCO)c1nn(-c2ccc(F)cc2)cc1Br. The van der Waals surface area contributed by atoms with E-state index in [1.54, 1.807) is 18.3 Å². The highest BCUT2D eigenvalue weighted by molar-refractivity contribution is 9.10. The Morgan fingerprint density at radius 1 is 1.40 bits per heavy atom. The zero-order valence-electron chi connectivity index (χ0n) is 10.5. The topological polar surface area (TPSA) is 67.2 Å². The molecule has 1 amide bonds. The molecular weight excluding hydrogens is 329 g/mol. The van der Waals surface area contributed by atoms with Crippen LogP contribution in [-0.4, -0.2) is 33.9 Å². The number of benzene rings is 1. The Morgan fingerprint density at radius 3 is 2.75 bits per heavy atom. The number of hydrogen-bond acceptors (Lipinski definition) is 3. The van der Waals surface area contributed by atoms with Crippen molar-refractivity contribution in [2.75, 3.05) is 13.2 Å². The van der Waals surface area contributed by atoms with Crippen molar-refractivity contribution in [1.29, 1.82) is 0 Å². The van der Waals surface area contributed by atoms with Gasteiger partial charge in [-0.1, -0.05) is 0 Å². The van der Waals surface area contributed by atoms with E-state index in [4.69, 9.17) is 5.11 Å². The molecule has 1 aromatic carbocycles. The van der Waals surface area contributed by atoms with Crippen LogP contribution in [0.1, 0.15) is 16.9 Å². The standard InChI is InChI=1S/C13H13BrFN3O2/c14-11-8-18(10-4-2-9(15)3-5-10)17-12(11)13(20)16-6-1-7-19/h2-5,8,19H,1,6-7H2,(H,16,20). The third kappa shape index (κ3) is 3.43. The Labute approximate surface area is 123 Å². The zero-order chi connectivity index (χ0) is 14.5. The van der Waals surface area contributed by atoms with Crippen molar-refractivity contribution in [3.05, 3.63) is 46.4 Å². The van der Waals surface area contributed by atoms with E-state index in [2.05, 4.69) is 26.3 Å². The molecule has 0 spiro atoms. The summed E-state index contributed by atoms with van der Waals surface area (Å²) >= 11 is 3.27. The average molecular weight is 342 g/mol. The molecule has 0 fully saturated rings. The number of carbonyl (C=O) groups is 1. The van der Waals surface area contributed by atoms with Crippen LogP contribution in [0.3, 0.4) is 0 Å². The smallest absolute Gasteiger partial charge is 0.272 e. The molecule has 1 heterocycles. The Hall–Kier alpha value is -1.73. The van der Waals surface area contributed by atoms with Gasteiger partial charge in [0.1, 0.15) is 5.82 Å². The fourth-order valence-corrected chi connectivity index (χ4v) is 2.05. The third-order valence-corrected chi connectivity index (χ3v) is 3.18. The maximum Gasteiger partial charge on any atom is 0.272 e. The minimum absolute atomic E-state index is 0.0193. The molecule has 0 aliphatic rings. The molecule has 2 N–H and O–H groups in total. The van der Waals surface area contributed by atoms with Gasteiger partial charge in [0.15, 0.2) is 5.69 Å². The van der Waals surface area contributed by atoms with Crippen molar-refractivity contribution in [2.24, 2.45) is 0 Å². The molecule has 7 heteroatoms. The summed E-state index contributed by atoms with van der Waals surface area (Å²) in [5.74, 6) is -0.659. The quantitative estimate of drug-likeness (QED) is 0.816. The first kappa shape index (κ1) is 14.7. The number of aliphatic hydroxyl groups excluding tert-OH is 1. The molecule has 0 saturated heterocycles. The minimum Gasteiger partial charge on any atom is -0.396 e. The number of nitrogens with one attached hydrogen (secondary N) is 1. The van der Waals surface area contributed by atoms with Crippen LogP contribution in [0, 0.1) is 5.82 Å². The van der Waals surface area contributed by atoms with E-state index >= 15 is 0 Å². The monoisotopic (exact) mass is 341 g/mol. The highest BCUT2D eigenvalue weighted by atomic mass is 79.9. The first-order chi connectivity index (χ1) is 9.61. The number of rotatable bonds is 5. The molecular formula is C13H13BrFN3O2. The van der Waals surface area contributed by atoms with Crippen molar-refractivity contribution >= 4 is 21.8 Å². The second-order valence-corrected chi connectivity index (χ2v) is 4.93. The lowest BCUT2D eigenvalue weighted by atomic mass is 10.3. The van der Waals surface area contributed by atoms with Gasteiger partial charge in [-0.15, -0.1) is 0 Å². The first-order valence-corrected chi connectivity index (χ1v) is 6.81. The van der Waals surface area contributed by atoms with Crippen LogP contribution in [0.5, 0.6) is 0 Å². The maximum atomic E-state index is 12.9. The van der Waals surface area contributed by atoms with Crippen LogP contribution in [-0.2, 0) is 0 Å². The van der Waals surface area contributed by atoms with Crippen LogP contribution in [0.15, 0.2) is 34.9 Å². The number of hydrogen-bond donors (Lipinski definition) is 2.